The Labute approximate surface area is 91.9 Å². The van der Waals surface area contributed by atoms with Gasteiger partial charge in [0.2, 0.25) is 5.88 Å². The van der Waals surface area contributed by atoms with Crippen LogP contribution >= 0.6 is 0 Å². The van der Waals surface area contributed by atoms with Crippen LogP contribution in [0.1, 0.15) is 30.2 Å². The fraction of sp³-hybridized carbons (Fsp3) is 0.583. The second-order valence-corrected chi connectivity index (χ2v) is 3.75. The standard InChI is InChI=1S/C12H20N2O/c1-5-6-13-8-11-9(2)7-10(3)14-12(11)15-4/h7,13H,5-6,8H2,1-4H3. The number of pyridine rings is 1. The van der Waals surface area contributed by atoms with Crippen LogP contribution in [0.5, 0.6) is 5.88 Å². The maximum Gasteiger partial charge on any atom is 0.218 e. The summed E-state index contributed by atoms with van der Waals surface area (Å²) < 4.78 is 5.29. The third-order valence-corrected chi connectivity index (χ3v) is 2.36. The van der Waals surface area contributed by atoms with Gasteiger partial charge in [-0.3, -0.25) is 0 Å². The van der Waals surface area contributed by atoms with Crippen LogP contribution in [0.2, 0.25) is 0 Å². The topological polar surface area (TPSA) is 34.2 Å². The minimum Gasteiger partial charge on any atom is -0.481 e. The van der Waals surface area contributed by atoms with Crippen LogP contribution < -0.4 is 10.1 Å². The molecule has 1 heterocycles. The zero-order valence-electron chi connectivity index (χ0n) is 10.1. The SMILES string of the molecule is CCCNCc1c(C)cc(C)nc1OC. The number of methoxy groups -OCH3 is 1. The van der Waals surface area contributed by atoms with Crippen molar-refractivity contribution in [2.45, 2.75) is 33.7 Å². The minimum absolute atomic E-state index is 0.746. The van der Waals surface area contributed by atoms with Crippen LogP contribution in [0.15, 0.2) is 6.07 Å². The first-order valence-electron chi connectivity index (χ1n) is 5.40. The molecule has 0 aromatic carbocycles. The summed E-state index contributed by atoms with van der Waals surface area (Å²) in [5.74, 6) is 0.746. The van der Waals surface area contributed by atoms with Gasteiger partial charge in [-0.25, -0.2) is 4.98 Å². The molecule has 1 N–H and O–H groups in total. The van der Waals surface area contributed by atoms with E-state index in [4.69, 9.17) is 4.74 Å². The number of rotatable bonds is 5. The molecule has 0 saturated heterocycles. The molecule has 84 valence electrons. The second kappa shape index (κ2) is 5.71. The summed E-state index contributed by atoms with van der Waals surface area (Å²) in [7, 11) is 1.67. The van der Waals surface area contributed by atoms with Crippen molar-refractivity contribution in [1.29, 1.82) is 0 Å². The quantitative estimate of drug-likeness (QED) is 0.753. The van der Waals surface area contributed by atoms with Gasteiger partial charge in [-0.15, -0.1) is 0 Å². The Morgan fingerprint density at radius 2 is 2.13 bits per heavy atom. The number of nitrogens with one attached hydrogen (secondary N) is 1. The minimum atomic E-state index is 0.746. The lowest BCUT2D eigenvalue weighted by molar-refractivity contribution is 0.389. The average molecular weight is 208 g/mol. The Morgan fingerprint density at radius 1 is 1.40 bits per heavy atom. The molecular formula is C12H20N2O. The highest BCUT2D eigenvalue weighted by Gasteiger charge is 2.08. The van der Waals surface area contributed by atoms with Gasteiger partial charge < -0.3 is 10.1 Å². The first-order valence-corrected chi connectivity index (χ1v) is 5.40. The normalized spacial score (nSPS) is 10.4. The Hall–Kier alpha value is -1.09. The number of aryl methyl sites for hydroxylation is 2. The van der Waals surface area contributed by atoms with E-state index in [9.17, 15) is 0 Å². The van der Waals surface area contributed by atoms with E-state index in [1.807, 2.05) is 6.92 Å². The number of aromatic nitrogens is 1. The lowest BCUT2D eigenvalue weighted by Gasteiger charge is -2.12. The molecule has 0 atom stereocenters. The van der Waals surface area contributed by atoms with E-state index in [1.165, 1.54) is 5.56 Å². The molecule has 0 spiro atoms. The van der Waals surface area contributed by atoms with Gasteiger partial charge in [0.15, 0.2) is 0 Å². The number of nitrogens with zero attached hydrogens (tertiary/aromatic N) is 1. The molecule has 15 heavy (non-hydrogen) atoms. The van der Waals surface area contributed by atoms with Gasteiger partial charge >= 0.3 is 0 Å². The summed E-state index contributed by atoms with van der Waals surface area (Å²) in [5.41, 5.74) is 3.41. The van der Waals surface area contributed by atoms with E-state index in [0.29, 0.717) is 0 Å². The van der Waals surface area contributed by atoms with E-state index in [1.54, 1.807) is 7.11 Å². The molecule has 3 heteroatoms. The smallest absolute Gasteiger partial charge is 0.218 e. The molecule has 0 aliphatic carbocycles. The molecule has 1 aromatic rings. The van der Waals surface area contributed by atoms with E-state index < -0.39 is 0 Å². The monoisotopic (exact) mass is 208 g/mol. The summed E-state index contributed by atoms with van der Waals surface area (Å²) in [6.07, 6.45) is 1.14. The Bertz CT molecular complexity index is 324. The van der Waals surface area contributed by atoms with Crippen LogP contribution in [-0.4, -0.2) is 18.6 Å². The second-order valence-electron chi connectivity index (χ2n) is 3.75. The van der Waals surface area contributed by atoms with Crippen molar-refractivity contribution in [3.05, 3.63) is 22.9 Å². The van der Waals surface area contributed by atoms with Crippen molar-refractivity contribution in [3.63, 3.8) is 0 Å². The first kappa shape index (κ1) is 12.0. The molecule has 0 radical (unpaired) electrons. The summed E-state index contributed by atoms with van der Waals surface area (Å²) in [4.78, 5) is 4.37. The Morgan fingerprint density at radius 3 is 2.73 bits per heavy atom. The van der Waals surface area contributed by atoms with Crippen molar-refractivity contribution in [3.8, 4) is 5.88 Å². The Balaban J connectivity index is 2.84. The maximum absolute atomic E-state index is 5.29. The zero-order chi connectivity index (χ0) is 11.3. The molecule has 3 nitrogen and oxygen atoms in total. The third kappa shape index (κ3) is 3.20. The largest absolute Gasteiger partial charge is 0.481 e. The van der Waals surface area contributed by atoms with E-state index in [-0.39, 0.29) is 0 Å². The summed E-state index contributed by atoms with van der Waals surface area (Å²) in [6, 6.07) is 2.09. The average Bonchev–Trinajstić information content (AvgIpc) is 2.20. The number of ether oxygens (including phenoxy) is 1. The predicted molar refractivity (Wildman–Crippen MR) is 62.3 cm³/mol. The molecule has 0 amide bonds. The zero-order valence-corrected chi connectivity index (χ0v) is 10.1. The first-order chi connectivity index (χ1) is 7.19. The molecule has 1 rings (SSSR count). The van der Waals surface area contributed by atoms with Gasteiger partial charge in [0, 0.05) is 17.8 Å². The lowest BCUT2D eigenvalue weighted by Crippen LogP contribution is -2.16. The van der Waals surface area contributed by atoms with E-state index >= 15 is 0 Å². The molecule has 1 aromatic heterocycles. The number of hydrogen-bond acceptors (Lipinski definition) is 3. The van der Waals surface area contributed by atoms with Crippen molar-refractivity contribution in [1.82, 2.24) is 10.3 Å². The summed E-state index contributed by atoms with van der Waals surface area (Å²) in [5, 5.41) is 3.37. The third-order valence-electron chi connectivity index (χ3n) is 2.36. The van der Waals surface area contributed by atoms with Crippen LogP contribution in [0.4, 0.5) is 0 Å². The van der Waals surface area contributed by atoms with Crippen LogP contribution in [0, 0.1) is 13.8 Å². The molecule has 0 aliphatic heterocycles. The van der Waals surface area contributed by atoms with Gasteiger partial charge in [0.25, 0.3) is 0 Å². The van der Waals surface area contributed by atoms with Crippen molar-refractivity contribution < 1.29 is 4.74 Å². The summed E-state index contributed by atoms with van der Waals surface area (Å²) >= 11 is 0. The molecule has 0 fully saturated rings. The van der Waals surface area contributed by atoms with Gasteiger partial charge in [-0.2, -0.15) is 0 Å². The lowest BCUT2D eigenvalue weighted by atomic mass is 10.1. The van der Waals surface area contributed by atoms with Crippen molar-refractivity contribution in [2.24, 2.45) is 0 Å². The van der Waals surface area contributed by atoms with Crippen molar-refractivity contribution in [2.75, 3.05) is 13.7 Å². The van der Waals surface area contributed by atoms with E-state index in [0.717, 1.165) is 36.6 Å². The Kier molecular flexibility index (Phi) is 4.56. The highest BCUT2D eigenvalue weighted by molar-refractivity contribution is 5.35. The van der Waals surface area contributed by atoms with Gasteiger partial charge in [0.05, 0.1) is 7.11 Å². The van der Waals surface area contributed by atoms with Crippen LogP contribution in [0.25, 0.3) is 0 Å². The highest BCUT2D eigenvalue weighted by atomic mass is 16.5. The van der Waals surface area contributed by atoms with Gasteiger partial charge in [-0.1, -0.05) is 6.92 Å². The molecular weight excluding hydrogens is 188 g/mol. The van der Waals surface area contributed by atoms with Gasteiger partial charge in [-0.05, 0) is 38.4 Å². The molecule has 0 unspecified atom stereocenters. The molecule has 0 aliphatic rings. The van der Waals surface area contributed by atoms with E-state index in [2.05, 4.69) is 30.2 Å². The van der Waals surface area contributed by atoms with Crippen molar-refractivity contribution >= 4 is 0 Å². The highest BCUT2D eigenvalue weighted by Crippen LogP contribution is 2.20. The maximum atomic E-state index is 5.29. The molecule has 0 saturated carbocycles. The predicted octanol–water partition coefficient (Wildman–Crippen LogP) is 2.21. The number of hydrogen-bond donors (Lipinski definition) is 1. The van der Waals surface area contributed by atoms with Crippen LogP contribution in [-0.2, 0) is 6.54 Å². The fourth-order valence-corrected chi connectivity index (χ4v) is 1.60. The van der Waals surface area contributed by atoms with Gasteiger partial charge in [0.1, 0.15) is 0 Å². The molecule has 0 bridgehead atoms. The fourth-order valence-electron chi connectivity index (χ4n) is 1.60. The summed E-state index contributed by atoms with van der Waals surface area (Å²) in [6.45, 7) is 8.09. The van der Waals surface area contributed by atoms with Crippen LogP contribution in [0.3, 0.4) is 0 Å².